The summed E-state index contributed by atoms with van der Waals surface area (Å²) in [5.41, 5.74) is 0. The zero-order valence-corrected chi connectivity index (χ0v) is 9.71. The molecule has 1 N–H and O–H groups in total. The smallest absolute Gasteiger partial charge is 0.162 e. The van der Waals surface area contributed by atoms with Crippen molar-refractivity contribution < 1.29 is 9.90 Å². The van der Waals surface area contributed by atoms with Crippen LogP contribution in [0.3, 0.4) is 0 Å². The molecule has 2 nitrogen and oxygen atoms in total. The van der Waals surface area contributed by atoms with E-state index >= 15 is 0 Å². The largest absolute Gasteiger partial charge is 0.512 e. The first-order chi connectivity index (χ1) is 6.56. The van der Waals surface area contributed by atoms with E-state index in [4.69, 9.17) is 0 Å². The molecule has 0 aromatic heterocycles. The average Bonchev–Trinajstić information content (AvgIpc) is 2.18. The number of allylic oxidation sites excluding steroid dienone is 2. The van der Waals surface area contributed by atoms with Crippen LogP contribution < -0.4 is 0 Å². The first kappa shape index (κ1) is 13.2. The third-order valence-corrected chi connectivity index (χ3v) is 2.80. The van der Waals surface area contributed by atoms with E-state index < -0.39 is 0 Å². The lowest BCUT2D eigenvalue weighted by Gasteiger charge is -2.10. The Hall–Kier alpha value is -0.790. The van der Waals surface area contributed by atoms with Crippen LogP contribution in [0.2, 0.25) is 0 Å². The molecule has 0 aromatic carbocycles. The zero-order valence-electron chi connectivity index (χ0n) is 9.71. The van der Waals surface area contributed by atoms with Crippen LogP contribution in [0.5, 0.6) is 0 Å². The van der Waals surface area contributed by atoms with Gasteiger partial charge in [0.1, 0.15) is 0 Å². The molecule has 0 saturated carbocycles. The van der Waals surface area contributed by atoms with Crippen LogP contribution in [0.4, 0.5) is 0 Å². The Kier molecular flexibility index (Phi) is 6.26. The van der Waals surface area contributed by atoms with Crippen LogP contribution in [0.25, 0.3) is 0 Å². The van der Waals surface area contributed by atoms with Gasteiger partial charge in [-0.15, -0.1) is 0 Å². The molecule has 0 amide bonds. The maximum atomic E-state index is 11.6. The summed E-state index contributed by atoms with van der Waals surface area (Å²) in [6, 6.07) is 0. The van der Waals surface area contributed by atoms with Crippen molar-refractivity contribution in [2.45, 2.75) is 47.0 Å². The van der Waals surface area contributed by atoms with E-state index in [2.05, 4.69) is 0 Å². The molecule has 0 aromatic rings. The van der Waals surface area contributed by atoms with Crippen LogP contribution >= 0.6 is 0 Å². The number of carbonyl (C=O) groups excluding carboxylic acids is 1. The lowest BCUT2D eigenvalue weighted by atomic mass is 9.96. The highest BCUT2D eigenvalue weighted by Gasteiger charge is 2.14. The fourth-order valence-electron chi connectivity index (χ4n) is 1.31. The number of aliphatic hydroxyl groups is 1. The third kappa shape index (κ3) is 3.95. The maximum Gasteiger partial charge on any atom is 0.162 e. The highest BCUT2D eigenvalue weighted by molar-refractivity contribution is 5.92. The standard InChI is InChI=1S/C12H22O2/c1-5-9(4)11(13)8-12(14)10(6-2)7-3/h8-10,13H,5-7H2,1-4H3. The molecule has 0 spiro atoms. The van der Waals surface area contributed by atoms with E-state index in [9.17, 15) is 9.90 Å². The fourth-order valence-corrected chi connectivity index (χ4v) is 1.31. The second kappa shape index (κ2) is 6.63. The molecule has 2 heteroatoms. The van der Waals surface area contributed by atoms with Gasteiger partial charge in [-0.25, -0.2) is 0 Å². The number of ketones is 1. The Morgan fingerprint density at radius 3 is 2.07 bits per heavy atom. The predicted octanol–water partition coefficient (Wildman–Crippen LogP) is 3.48. The molecule has 0 saturated heterocycles. The topological polar surface area (TPSA) is 37.3 Å². The normalized spacial score (nSPS) is 14.5. The van der Waals surface area contributed by atoms with Crippen molar-refractivity contribution in [1.29, 1.82) is 0 Å². The van der Waals surface area contributed by atoms with Gasteiger partial charge in [-0.2, -0.15) is 0 Å². The molecule has 0 aliphatic rings. The van der Waals surface area contributed by atoms with Gasteiger partial charge >= 0.3 is 0 Å². The van der Waals surface area contributed by atoms with Crippen molar-refractivity contribution in [3.63, 3.8) is 0 Å². The third-order valence-electron chi connectivity index (χ3n) is 2.80. The Labute approximate surface area is 87.0 Å². The zero-order chi connectivity index (χ0) is 11.1. The molecule has 0 fully saturated rings. The molecule has 0 heterocycles. The lowest BCUT2D eigenvalue weighted by Crippen LogP contribution is -2.11. The van der Waals surface area contributed by atoms with E-state index in [1.807, 2.05) is 27.7 Å². The van der Waals surface area contributed by atoms with Gasteiger partial charge in [-0.05, 0) is 19.3 Å². The lowest BCUT2D eigenvalue weighted by molar-refractivity contribution is -0.118. The molecule has 0 radical (unpaired) electrons. The van der Waals surface area contributed by atoms with Crippen LogP contribution in [-0.2, 0) is 4.79 Å². The summed E-state index contributed by atoms with van der Waals surface area (Å²) >= 11 is 0. The summed E-state index contributed by atoms with van der Waals surface area (Å²) in [5, 5.41) is 9.57. The quantitative estimate of drug-likeness (QED) is 0.524. The predicted molar refractivity (Wildman–Crippen MR) is 59.2 cm³/mol. The minimum absolute atomic E-state index is 0.0628. The van der Waals surface area contributed by atoms with E-state index in [1.165, 1.54) is 6.08 Å². The van der Waals surface area contributed by atoms with Gasteiger partial charge in [0, 0.05) is 17.9 Å². The monoisotopic (exact) mass is 198 g/mol. The molecule has 1 atom stereocenters. The van der Waals surface area contributed by atoms with Gasteiger partial charge in [-0.3, -0.25) is 4.79 Å². The van der Waals surface area contributed by atoms with Gasteiger partial charge < -0.3 is 5.11 Å². The van der Waals surface area contributed by atoms with Crippen LogP contribution in [-0.4, -0.2) is 10.9 Å². The second-order valence-electron chi connectivity index (χ2n) is 3.79. The minimum Gasteiger partial charge on any atom is -0.512 e. The van der Waals surface area contributed by atoms with Gasteiger partial charge in [0.25, 0.3) is 0 Å². The molecule has 0 aliphatic carbocycles. The Bertz CT molecular complexity index is 202. The highest BCUT2D eigenvalue weighted by atomic mass is 16.3. The Morgan fingerprint density at radius 2 is 1.71 bits per heavy atom. The fraction of sp³-hybridized carbons (Fsp3) is 0.750. The van der Waals surface area contributed by atoms with Crippen LogP contribution in [0.15, 0.2) is 11.8 Å². The molecular formula is C12H22O2. The SMILES string of the molecule is CCC(C)C(O)=CC(=O)C(CC)CC. The van der Waals surface area contributed by atoms with Crippen molar-refractivity contribution in [3.05, 3.63) is 11.8 Å². The van der Waals surface area contributed by atoms with E-state index in [0.717, 1.165) is 19.3 Å². The number of carbonyl (C=O) groups is 1. The van der Waals surface area contributed by atoms with Crippen molar-refractivity contribution in [3.8, 4) is 0 Å². The molecule has 82 valence electrons. The first-order valence-electron chi connectivity index (χ1n) is 5.51. The Balaban J connectivity index is 4.40. The van der Waals surface area contributed by atoms with Gasteiger partial charge in [0.15, 0.2) is 5.78 Å². The van der Waals surface area contributed by atoms with Gasteiger partial charge in [0.05, 0.1) is 5.76 Å². The van der Waals surface area contributed by atoms with E-state index in [1.54, 1.807) is 0 Å². The molecule has 0 aliphatic heterocycles. The number of rotatable bonds is 6. The summed E-state index contributed by atoms with van der Waals surface area (Å²) < 4.78 is 0. The minimum atomic E-state index is 0.0628. The van der Waals surface area contributed by atoms with Gasteiger partial charge in [-0.1, -0.05) is 27.7 Å². The number of hydrogen-bond acceptors (Lipinski definition) is 2. The van der Waals surface area contributed by atoms with Crippen molar-refractivity contribution in [2.24, 2.45) is 11.8 Å². The highest BCUT2D eigenvalue weighted by Crippen LogP contribution is 2.15. The Morgan fingerprint density at radius 1 is 1.21 bits per heavy atom. The maximum absolute atomic E-state index is 11.6. The summed E-state index contributed by atoms with van der Waals surface area (Å²) in [7, 11) is 0. The molecule has 14 heavy (non-hydrogen) atoms. The first-order valence-corrected chi connectivity index (χ1v) is 5.51. The summed E-state index contributed by atoms with van der Waals surface area (Å²) in [6.07, 6.45) is 3.96. The molecule has 1 unspecified atom stereocenters. The van der Waals surface area contributed by atoms with Crippen molar-refractivity contribution >= 4 is 5.78 Å². The molecule has 0 rings (SSSR count). The average molecular weight is 198 g/mol. The number of hydrogen-bond donors (Lipinski definition) is 1. The second-order valence-corrected chi connectivity index (χ2v) is 3.79. The van der Waals surface area contributed by atoms with Crippen LogP contribution in [0.1, 0.15) is 47.0 Å². The van der Waals surface area contributed by atoms with Crippen molar-refractivity contribution in [1.82, 2.24) is 0 Å². The summed E-state index contributed by atoms with van der Waals surface area (Å²) in [5.74, 6) is 0.451. The summed E-state index contributed by atoms with van der Waals surface area (Å²) in [4.78, 5) is 11.6. The molecule has 0 bridgehead atoms. The summed E-state index contributed by atoms with van der Waals surface area (Å²) in [6.45, 7) is 7.92. The van der Waals surface area contributed by atoms with Gasteiger partial charge in [0.2, 0.25) is 0 Å². The number of aliphatic hydroxyl groups excluding tert-OH is 1. The van der Waals surface area contributed by atoms with E-state index in [-0.39, 0.29) is 23.4 Å². The molecular weight excluding hydrogens is 176 g/mol. The van der Waals surface area contributed by atoms with Crippen molar-refractivity contribution in [2.75, 3.05) is 0 Å². The van der Waals surface area contributed by atoms with Crippen LogP contribution in [0, 0.1) is 11.8 Å². The van der Waals surface area contributed by atoms with E-state index in [0.29, 0.717) is 0 Å².